The van der Waals surface area contributed by atoms with Gasteiger partial charge >= 0.3 is 0 Å². The van der Waals surface area contributed by atoms with Gasteiger partial charge < -0.3 is 9.80 Å². The van der Waals surface area contributed by atoms with Crippen LogP contribution in [0, 0.1) is 19.8 Å². The Hall–Kier alpha value is -3.03. The maximum Gasteiger partial charge on any atom is 0.272 e. The third kappa shape index (κ3) is 3.32. The van der Waals surface area contributed by atoms with E-state index < -0.39 is 6.04 Å². The lowest BCUT2D eigenvalue weighted by molar-refractivity contribution is -0.135. The Morgan fingerprint density at radius 1 is 1.14 bits per heavy atom. The van der Waals surface area contributed by atoms with Gasteiger partial charge in [0.25, 0.3) is 11.5 Å². The highest BCUT2D eigenvalue weighted by Crippen LogP contribution is 2.41. The van der Waals surface area contributed by atoms with Crippen molar-refractivity contribution in [3.63, 3.8) is 0 Å². The summed E-state index contributed by atoms with van der Waals surface area (Å²) < 4.78 is 1.64. The van der Waals surface area contributed by atoms with Crippen LogP contribution in [0.4, 0.5) is 0 Å². The first-order valence-electron chi connectivity index (χ1n) is 9.80. The third-order valence-electron chi connectivity index (χ3n) is 5.81. The highest BCUT2D eigenvalue weighted by atomic mass is 16.2. The van der Waals surface area contributed by atoms with Gasteiger partial charge in [-0.2, -0.15) is 0 Å². The lowest BCUT2D eigenvalue weighted by Crippen LogP contribution is -2.54. The Balaban J connectivity index is 1.74. The Bertz CT molecular complexity index is 1020. The van der Waals surface area contributed by atoms with E-state index in [1.807, 2.05) is 13.0 Å². The topological polar surface area (TPSA) is 88.4 Å². The molecule has 8 nitrogen and oxygen atoms in total. The first kappa shape index (κ1) is 19.3. The average molecular weight is 395 g/mol. The SMILES string of the molecule is Cc1cc(C(=O)N2C[C@H]3C[C@@H](C2)[C@H](C(=O)N(C)C)n2c3cccc2=O)nc(C)n1. The monoisotopic (exact) mass is 395 g/mol. The highest BCUT2D eigenvalue weighted by Gasteiger charge is 2.45. The van der Waals surface area contributed by atoms with Crippen LogP contribution in [0.2, 0.25) is 0 Å². The van der Waals surface area contributed by atoms with Crippen molar-refractivity contribution in [1.82, 2.24) is 24.3 Å². The molecule has 0 aliphatic carbocycles. The van der Waals surface area contributed by atoms with Crippen molar-refractivity contribution in [2.75, 3.05) is 27.2 Å². The predicted octanol–water partition coefficient (Wildman–Crippen LogP) is 1.14. The normalized spacial score (nSPS) is 22.8. The number of hydrogen-bond donors (Lipinski definition) is 0. The number of pyridine rings is 1. The largest absolute Gasteiger partial charge is 0.347 e. The summed E-state index contributed by atoms with van der Waals surface area (Å²) in [6, 6.07) is 6.21. The van der Waals surface area contributed by atoms with Gasteiger partial charge in [-0.15, -0.1) is 0 Å². The molecule has 4 rings (SSSR count). The molecular weight excluding hydrogens is 370 g/mol. The smallest absolute Gasteiger partial charge is 0.272 e. The molecule has 152 valence electrons. The van der Waals surface area contributed by atoms with E-state index in [1.54, 1.807) is 42.6 Å². The molecule has 1 saturated heterocycles. The van der Waals surface area contributed by atoms with Crippen molar-refractivity contribution in [1.29, 1.82) is 0 Å². The Morgan fingerprint density at radius 3 is 2.59 bits per heavy atom. The quantitative estimate of drug-likeness (QED) is 0.761. The summed E-state index contributed by atoms with van der Waals surface area (Å²) in [7, 11) is 3.39. The number of carbonyl (C=O) groups is 2. The Labute approximate surface area is 169 Å². The van der Waals surface area contributed by atoms with Crippen LogP contribution in [-0.4, -0.2) is 63.3 Å². The molecule has 0 radical (unpaired) electrons. The fourth-order valence-electron chi connectivity index (χ4n) is 4.67. The molecule has 0 N–H and O–H groups in total. The molecule has 2 aliphatic heterocycles. The number of aryl methyl sites for hydroxylation is 2. The number of nitrogens with zero attached hydrogens (tertiary/aromatic N) is 5. The zero-order valence-corrected chi connectivity index (χ0v) is 17.1. The van der Waals surface area contributed by atoms with E-state index in [1.165, 1.54) is 11.0 Å². The standard InChI is InChI=1S/C21H25N5O3/c1-12-8-16(23-13(2)22-12)20(28)25-10-14-9-15(11-25)19(21(29)24(3)4)26-17(14)6-5-7-18(26)27/h5-8,14-15,19H,9-11H2,1-4H3/t14-,15+,19-/m1/s1. The molecule has 0 spiro atoms. The maximum absolute atomic E-state index is 13.2. The van der Waals surface area contributed by atoms with Crippen molar-refractivity contribution >= 4 is 11.8 Å². The number of aromatic nitrogens is 3. The second-order valence-electron chi connectivity index (χ2n) is 8.18. The minimum Gasteiger partial charge on any atom is -0.347 e. The molecule has 2 aromatic heterocycles. The van der Waals surface area contributed by atoms with Gasteiger partial charge in [-0.1, -0.05) is 6.07 Å². The van der Waals surface area contributed by atoms with Gasteiger partial charge in [-0.25, -0.2) is 9.97 Å². The van der Waals surface area contributed by atoms with Crippen LogP contribution in [0.25, 0.3) is 0 Å². The maximum atomic E-state index is 13.2. The number of piperidine rings is 1. The molecule has 0 saturated carbocycles. The molecule has 0 aromatic carbocycles. The van der Waals surface area contributed by atoms with Crippen LogP contribution in [0.15, 0.2) is 29.1 Å². The highest BCUT2D eigenvalue weighted by molar-refractivity contribution is 5.92. The minimum absolute atomic E-state index is 0.0156. The summed E-state index contributed by atoms with van der Waals surface area (Å²) in [6.07, 6.45) is 0.777. The fraction of sp³-hybridized carbons (Fsp3) is 0.476. The molecular formula is C21H25N5O3. The van der Waals surface area contributed by atoms with E-state index in [2.05, 4.69) is 9.97 Å². The average Bonchev–Trinajstić information content (AvgIpc) is 2.67. The first-order chi connectivity index (χ1) is 13.8. The lowest BCUT2D eigenvalue weighted by Gasteiger charge is -2.46. The number of likely N-dealkylation sites (tertiary alicyclic amines) is 1. The zero-order valence-electron chi connectivity index (χ0n) is 17.1. The molecule has 1 fully saturated rings. The van der Waals surface area contributed by atoms with Gasteiger partial charge in [-0.05, 0) is 32.4 Å². The van der Waals surface area contributed by atoms with Crippen LogP contribution in [0.1, 0.15) is 46.1 Å². The van der Waals surface area contributed by atoms with E-state index in [-0.39, 0.29) is 29.2 Å². The molecule has 29 heavy (non-hydrogen) atoms. The van der Waals surface area contributed by atoms with Crippen molar-refractivity contribution in [3.05, 3.63) is 57.5 Å². The van der Waals surface area contributed by atoms with E-state index in [0.29, 0.717) is 24.6 Å². The van der Waals surface area contributed by atoms with Crippen LogP contribution >= 0.6 is 0 Å². The number of rotatable bonds is 2. The molecule has 2 aliphatic rings. The number of likely N-dealkylation sites (N-methyl/N-ethyl adjacent to an activating group) is 1. The minimum atomic E-state index is -0.602. The van der Waals surface area contributed by atoms with E-state index in [9.17, 15) is 14.4 Å². The number of hydrogen-bond acceptors (Lipinski definition) is 5. The molecule has 2 bridgehead atoms. The summed E-state index contributed by atoms with van der Waals surface area (Å²) in [6.45, 7) is 4.53. The van der Waals surface area contributed by atoms with Crippen LogP contribution < -0.4 is 5.56 Å². The summed E-state index contributed by atoms with van der Waals surface area (Å²) in [5.41, 5.74) is 1.77. The van der Waals surface area contributed by atoms with Gasteiger partial charge in [0, 0.05) is 56.5 Å². The Morgan fingerprint density at radius 2 is 1.90 bits per heavy atom. The van der Waals surface area contributed by atoms with E-state index in [0.717, 1.165) is 17.8 Å². The molecule has 4 heterocycles. The Kier molecular flexibility index (Phi) is 4.72. The lowest BCUT2D eigenvalue weighted by atomic mass is 9.78. The first-order valence-corrected chi connectivity index (χ1v) is 9.80. The molecule has 2 aromatic rings. The van der Waals surface area contributed by atoms with Gasteiger partial charge in [0.2, 0.25) is 5.91 Å². The van der Waals surface area contributed by atoms with Gasteiger partial charge in [0.15, 0.2) is 0 Å². The number of fused-ring (bicyclic) bond motifs is 4. The van der Waals surface area contributed by atoms with Gasteiger partial charge in [-0.3, -0.25) is 19.0 Å². The van der Waals surface area contributed by atoms with Gasteiger partial charge in [0.1, 0.15) is 17.6 Å². The molecule has 8 heteroatoms. The number of amides is 2. The zero-order chi connectivity index (χ0) is 20.9. The van der Waals surface area contributed by atoms with Crippen molar-refractivity contribution < 1.29 is 9.59 Å². The van der Waals surface area contributed by atoms with Crippen LogP contribution in [0.3, 0.4) is 0 Å². The third-order valence-corrected chi connectivity index (χ3v) is 5.81. The van der Waals surface area contributed by atoms with E-state index >= 15 is 0 Å². The molecule has 3 atom stereocenters. The predicted molar refractivity (Wildman–Crippen MR) is 107 cm³/mol. The fourth-order valence-corrected chi connectivity index (χ4v) is 4.67. The summed E-state index contributed by atoms with van der Waals surface area (Å²) in [5.74, 6) is 0.177. The summed E-state index contributed by atoms with van der Waals surface area (Å²) in [5, 5.41) is 0. The van der Waals surface area contributed by atoms with Crippen molar-refractivity contribution in [3.8, 4) is 0 Å². The molecule has 2 amide bonds. The van der Waals surface area contributed by atoms with Crippen LogP contribution in [-0.2, 0) is 4.79 Å². The van der Waals surface area contributed by atoms with E-state index in [4.69, 9.17) is 0 Å². The van der Waals surface area contributed by atoms with Crippen molar-refractivity contribution in [2.24, 2.45) is 5.92 Å². The van der Waals surface area contributed by atoms with Gasteiger partial charge in [0.05, 0.1) is 0 Å². The summed E-state index contributed by atoms with van der Waals surface area (Å²) >= 11 is 0. The number of carbonyl (C=O) groups excluding carboxylic acids is 2. The summed E-state index contributed by atoms with van der Waals surface area (Å²) in [4.78, 5) is 50.7. The van der Waals surface area contributed by atoms with Crippen LogP contribution in [0.5, 0.6) is 0 Å². The second kappa shape index (κ2) is 7.09. The van der Waals surface area contributed by atoms with Crippen molar-refractivity contribution in [2.45, 2.75) is 32.2 Å². The molecule has 0 unspecified atom stereocenters. The second-order valence-corrected chi connectivity index (χ2v) is 8.18.